The first kappa shape index (κ1) is 15.6. The van der Waals surface area contributed by atoms with Crippen molar-refractivity contribution in [3.05, 3.63) is 0 Å². The van der Waals surface area contributed by atoms with Gasteiger partial charge in [0.1, 0.15) is 0 Å². The molecule has 16 heavy (non-hydrogen) atoms. The smallest absolute Gasteiger partial charge is 0.270 e. The molecule has 0 N–H and O–H groups in total. The molecular weight excluding hydrogens is 259 g/mol. The van der Waals surface area contributed by atoms with Crippen LogP contribution in [0.1, 0.15) is 19.3 Å². The highest BCUT2D eigenvalue weighted by Gasteiger charge is 2.56. The van der Waals surface area contributed by atoms with Gasteiger partial charge in [-0.3, -0.25) is 4.18 Å². The van der Waals surface area contributed by atoms with Crippen molar-refractivity contribution in [2.45, 2.75) is 31.4 Å². The number of rotatable bonds is 6. The molecule has 3 nitrogen and oxygen atoms in total. The third-order valence-corrected chi connectivity index (χ3v) is 2.19. The normalized spacial score (nSPS) is 14.1. The second kappa shape index (κ2) is 5.26. The number of unbranched alkanes of at least 4 members (excludes halogenated alkanes) is 1. The summed E-state index contributed by atoms with van der Waals surface area (Å²) in [6, 6.07) is 0. The van der Waals surface area contributed by atoms with Crippen molar-refractivity contribution in [3.8, 4) is 0 Å². The molecule has 0 saturated carbocycles. The minimum atomic E-state index is -5.56. The molecule has 0 radical (unpaired) electrons. The Labute approximate surface area is 89.7 Å². The van der Waals surface area contributed by atoms with Gasteiger partial charge in [0.15, 0.2) is 0 Å². The van der Waals surface area contributed by atoms with Crippen molar-refractivity contribution < 1.29 is 34.6 Å². The lowest BCUT2D eigenvalue weighted by atomic mass is 10.1. The van der Waals surface area contributed by atoms with E-state index in [0.717, 1.165) is 6.26 Å². The number of alkyl halides is 5. The first-order chi connectivity index (χ1) is 6.96. The van der Waals surface area contributed by atoms with Gasteiger partial charge in [-0.1, -0.05) is 0 Å². The molecule has 0 atom stereocenters. The highest BCUT2D eigenvalue weighted by atomic mass is 32.2. The Morgan fingerprint density at radius 3 is 1.94 bits per heavy atom. The largest absolute Gasteiger partial charge is 0.453 e. The predicted molar refractivity (Wildman–Crippen MR) is 45.6 cm³/mol. The molecule has 0 aliphatic carbocycles. The van der Waals surface area contributed by atoms with E-state index in [1.54, 1.807) is 0 Å². The van der Waals surface area contributed by atoms with Crippen LogP contribution in [0.25, 0.3) is 0 Å². The number of hydrogen-bond acceptors (Lipinski definition) is 3. The van der Waals surface area contributed by atoms with E-state index in [2.05, 4.69) is 4.18 Å². The summed E-state index contributed by atoms with van der Waals surface area (Å²) in [7, 11) is -3.68. The fraction of sp³-hybridized carbons (Fsp3) is 1.00. The Morgan fingerprint density at radius 1 is 1.06 bits per heavy atom. The van der Waals surface area contributed by atoms with Crippen LogP contribution in [0.3, 0.4) is 0 Å². The van der Waals surface area contributed by atoms with Crippen LogP contribution in [0.2, 0.25) is 0 Å². The lowest BCUT2D eigenvalue weighted by Crippen LogP contribution is -2.36. The van der Waals surface area contributed by atoms with Crippen LogP contribution in [0.4, 0.5) is 22.0 Å². The van der Waals surface area contributed by atoms with Gasteiger partial charge in [-0.2, -0.15) is 30.4 Å². The van der Waals surface area contributed by atoms with Gasteiger partial charge in [0, 0.05) is 6.42 Å². The summed E-state index contributed by atoms with van der Waals surface area (Å²) in [4.78, 5) is 0. The van der Waals surface area contributed by atoms with Crippen molar-refractivity contribution >= 4 is 10.1 Å². The first-order valence-corrected chi connectivity index (χ1v) is 6.06. The number of hydrogen-bond donors (Lipinski definition) is 0. The molecule has 0 rings (SSSR count). The van der Waals surface area contributed by atoms with Crippen LogP contribution in [0, 0.1) is 0 Å². The molecule has 0 aromatic carbocycles. The summed E-state index contributed by atoms with van der Waals surface area (Å²) in [5.41, 5.74) is 0. The van der Waals surface area contributed by atoms with E-state index in [0.29, 0.717) is 0 Å². The fourth-order valence-electron chi connectivity index (χ4n) is 0.801. The Hall–Kier alpha value is -0.440. The molecule has 0 heterocycles. The van der Waals surface area contributed by atoms with Crippen molar-refractivity contribution in [2.75, 3.05) is 12.9 Å². The van der Waals surface area contributed by atoms with Crippen molar-refractivity contribution in [2.24, 2.45) is 0 Å². The first-order valence-electron chi connectivity index (χ1n) is 4.25. The summed E-state index contributed by atoms with van der Waals surface area (Å²) in [5.74, 6) is -4.74. The molecule has 98 valence electrons. The van der Waals surface area contributed by atoms with Crippen LogP contribution in [-0.2, 0) is 14.3 Å². The summed E-state index contributed by atoms with van der Waals surface area (Å²) < 4.78 is 84.6. The summed E-state index contributed by atoms with van der Waals surface area (Å²) in [6.45, 7) is -0.396. The molecule has 0 aliphatic rings. The van der Waals surface area contributed by atoms with Gasteiger partial charge in [0.25, 0.3) is 10.1 Å². The van der Waals surface area contributed by atoms with Gasteiger partial charge in [0.05, 0.1) is 12.9 Å². The molecule has 0 fully saturated rings. The Bertz CT molecular complexity index is 308. The molecule has 0 amide bonds. The quantitative estimate of drug-likeness (QED) is 0.422. The van der Waals surface area contributed by atoms with E-state index in [9.17, 15) is 30.4 Å². The Balaban J connectivity index is 3.84. The molecule has 0 aromatic rings. The van der Waals surface area contributed by atoms with Crippen molar-refractivity contribution in [1.29, 1.82) is 0 Å². The van der Waals surface area contributed by atoms with Crippen molar-refractivity contribution in [1.82, 2.24) is 0 Å². The molecule has 0 unspecified atom stereocenters. The molecule has 0 bridgehead atoms. The lowest BCUT2D eigenvalue weighted by Gasteiger charge is -2.19. The third kappa shape index (κ3) is 6.21. The maximum atomic E-state index is 12.3. The molecule has 0 saturated heterocycles. The van der Waals surface area contributed by atoms with E-state index in [1.165, 1.54) is 0 Å². The van der Waals surface area contributed by atoms with Crippen LogP contribution in [-0.4, -0.2) is 33.4 Å². The van der Waals surface area contributed by atoms with Gasteiger partial charge in [-0.15, -0.1) is 0 Å². The highest BCUT2D eigenvalue weighted by Crippen LogP contribution is 2.38. The van der Waals surface area contributed by atoms with Crippen LogP contribution >= 0.6 is 0 Å². The predicted octanol–water partition coefficient (Wildman–Crippen LogP) is 2.33. The molecule has 0 aliphatic heterocycles. The Morgan fingerprint density at radius 2 is 1.56 bits per heavy atom. The number of halogens is 5. The standard InChI is InChI=1S/C7H11F5O3S/c1-16(13,14)15-5-3-2-4-6(8,9)7(10,11)12/h2-5H2,1H3. The maximum absolute atomic E-state index is 12.3. The molecule has 9 heteroatoms. The van der Waals surface area contributed by atoms with Gasteiger partial charge < -0.3 is 0 Å². The minimum Gasteiger partial charge on any atom is -0.270 e. The van der Waals surface area contributed by atoms with Crippen LogP contribution in [0.5, 0.6) is 0 Å². The zero-order valence-electron chi connectivity index (χ0n) is 8.35. The van der Waals surface area contributed by atoms with Crippen LogP contribution < -0.4 is 0 Å². The fourth-order valence-corrected chi connectivity index (χ4v) is 1.22. The van der Waals surface area contributed by atoms with Gasteiger partial charge >= 0.3 is 12.1 Å². The molecule has 0 aromatic heterocycles. The zero-order chi connectivity index (χ0) is 13.0. The van der Waals surface area contributed by atoms with Crippen molar-refractivity contribution in [3.63, 3.8) is 0 Å². The van der Waals surface area contributed by atoms with E-state index < -0.39 is 41.7 Å². The minimum absolute atomic E-state index is 0.182. The second-order valence-electron chi connectivity index (χ2n) is 3.19. The van der Waals surface area contributed by atoms with E-state index in [1.807, 2.05) is 0 Å². The van der Waals surface area contributed by atoms with Gasteiger partial charge in [-0.05, 0) is 12.8 Å². The van der Waals surface area contributed by atoms with Gasteiger partial charge in [-0.25, -0.2) is 0 Å². The third-order valence-electron chi connectivity index (χ3n) is 1.60. The Kier molecular flexibility index (Phi) is 5.12. The highest BCUT2D eigenvalue weighted by molar-refractivity contribution is 7.85. The SMILES string of the molecule is CS(=O)(=O)OCCCCC(F)(F)C(F)(F)F. The zero-order valence-corrected chi connectivity index (χ0v) is 9.17. The summed E-state index contributed by atoms with van der Waals surface area (Å²) in [5, 5.41) is 0. The molecular formula is C7H11F5O3S. The average molecular weight is 270 g/mol. The van der Waals surface area contributed by atoms with Crippen LogP contribution in [0.15, 0.2) is 0 Å². The molecule has 0 spiro atoms. The van der Waals surface area contributed by atoms with E-state index in [4.69, 9.17) is 0 Å². The summed E-state index contributed by atoms with van der Waals surface area (Å²) in [6.07, 6.45) is -6.83. The van der Waals surface area contributed by atoms with E-state index >= 15 is 0 Å². The second-order valence-corrected chi connectivity index (χ2v) is 4.83. The van der Waals surface area contributed by atoms with E-state index in [-0.39, 0.29) is 6.42 Å². The van der Waals surface area contributed by atoms with Gasteiger partial charge in [0.2, 0.25) is 0 Å². The average Bonchev–Trinajstić information content (AvgIpc) is 1.98. The topological polar surface area (TPSA) is 43.4 Å². The lowest BCUT2D eigenvalue weighted by molar-refractivity contribution is -0.284. The maximum Gasteiger partial charge on any atom is 0.453 e. The monoisotopic (exact) mass is 270 g/mol. The summed E-state index contributed by atoms with van der Waals surface area (Å²) >= 11 is 0.